The topological polar surface area (TPSA) is 116 Å². The number of piperazine rings is 1. The first-order chi connectivity index (χ1) is 14.1. The molecule has 30 heavy (non-hydrogen) atoms. The Morgan fingerprint density at radius 3 is 2.40 bits per heavy atom. The number of hydrogen-bond donors (Lipinski definition) is 0. The van der Waals surface area contributed by atoms with Gasteiger partial charge in [-0.1, -0.05) is 0 Å². The molecule has 1 saturated heterocycles. The van der Waals surface area contributed by atoms with Crippen LogP contribution in [0.15, 0.2) is 18.5 Å². The molecular formula is C19H26N6O5. The van der Waals surface area contributed by atoms with Crippen molar-refractivity contribution in [3.05, 3.63) is 28.6 Å². The van der Waals surface area contributed by atoms with Crippen LogP contribution >= 0.6 is 0 Å². The van der Waals surface area contributed by atoms with E-state index in [1.165, 1.54) is 13.2 Å². The molecule has 0 N–H and O–H groups in total. The maximum atomic E-state index is 12.3. The Bertz CT molecular complexity index is 943. The lowest BCUT2D eigenvalue weighted by Crippen LogP contribution is -2.50. The Kier molecular flexibility index (Phi) is 5.81. The molecule has 11 nitrogen and oxygen atoms in total. The van der Waals surface area contributed by atoms with E-state index in [0.717, 1.165) is 0 Å². The average molecular weight is 418 g/mol. The van der Waals surface area contributed by atoms with Gasteiger partial charge in [-0.3, -0.25) is 14.8 Å². The van der Waals surface area contributed by atoms with Crippen LogP contribution in [0.1, 0.15) is 20.8 Å². The van der Waals surface area contributed by atoms with E-state index >= 15 is 0 Å². The van der Waals surface area contributed by atoms with Gasteiger partial charge in [0.05, 0.1) is 18.2 Å². The Hall–Kier alpha value is -3.37. The highest BCUT2D eigenvalue weighted by atomic mass is 16.6. The van der Waals surface area contributed by atoms with E-state index in [-0.39, 0.29) is 17.7 Å². The first kappa shape index (κ1) is 21.3. The van der Waals surface area contributed by atoms with Crippen LogP contribution < -0.4 is 9.64 Å². The van der Waals surface area contributed by atoms with Crippen molar-refractivity contribution in [3.63, 3.8) is 0 Å². The molecule has 3 rings (SSSR count). The Morgan fingerprint density at radius 1 is 1.23 bits per heavy atom. The van der Waals surface area contributed by atoms with Gasteiger partial charge in [0.25, 0.3) is 5.88 Å². The largest absolute Gasteiger partial charge is 0.476 e. The highest BCUT2D eigenvalue weighted by molar-refractivity contribution is 5.79. The van der Waals surface area contributed by atoms with Crippen molar-refractivity contribution in [3.8, 4) is 17.0 Å². The number of methoxy groups -OCH3 is 1. The monoisotopic (exact) mass is 418 g/mol. The third-order valence-electron chi connectivity index (χ3n) is 4.59. The van der Waals surface area contributed by atoms with Crippen LogP contribution in [0.3, 0.4) is 0 Å². The quantitative estimate of drug-likeness (QED) is 0.549. The van der Waals surface area contributed by atoms with E-state index in [2.05, 4.69) is 10.1 Å². The lowest BCUT2D eigenvalue weighted by Gasteiger charge is -2.36. The predicted octanol–water partition coefficient (Wildman–Crippen LogP) is 2.46. The number of pyridine rings is 1. The number of ether oxygens (including phenoxy) is 2. The van der Waals surface area contributed by atoms with E-state index in [1.807, 2.05) is 25.7 Å². The molecule has 162 valence electrons. The summed E-state index contributed by atoms with van der Waals surface area (Å²) in [5, 5.41) is 15.6. The zero-order valence-corrected chi connectivity index (χ0v) is 17.8. The standard InChI is InChI=1S/C19H26N6O5/c1-19(2,3)30-18(26)24-8-6-23(7-9-24)16-14(13-11-20-22(4)12-13)10-15(25(27)28)17(21-16)29-5/h10-12H,6-9H2,1-5H3. The molecule has 0 unspecified atom stereocenters. The van der Waals surface area contributed by atoms with Crippen molar-refractivity contribution in [2.24, 2.45) is 7.05 Å². The third kappa shape index (κ3) is 4.61. The van der Waals surface area contributed by atoms with Crippen molar-refractivity contribution in [1.82, 2.24) is 19.7 Å². The van der Waals surface area contributed by atoms with Gasteiger partial charge < -0.3 is 19.3 Å². The minimum atomic E-state index is -0.561. The average Bonchev–Trinajstić information content (AvgIpc) is 3.11. The molecule has 11 heteroatoms. The maximum absolute atomic E-state index is 12.3. The number of carbonyl (C=O) groups is 1. The molecule has 0 aliphatic carbocycles. The van der Waals surface area contributed by atoms with Gasteiger partial charge in [-0.15, -0.1) is 0 Å². The maximum Gasteiger partial charge on any atom is 0.410 e. The highest BCUT2D eigenvalue weighted by Gasteiger charge is 2.30. The molecule has 0 aromatic carbocycles. The van der Waals surface area contributed by atoms with Crippen LogP contribution in [-0.4, -0.2) is 69.6 Å². The molecule has 1 amide bonds. The summed E-state index contributed by atoms with van der Waals surface area (Å²) in [6.45, 7) is 7.38. The minimum Gasteiger partial charge on any atom is -0.476 e. The van der Waals surface area contributed by atoms with Gasteiger partial charge in [-0.2, -0.15) is 10.1 Å². The zero-order valence-electron chi connectivity index (χ0n) is 17.8. The number of hydrogen-bond acceptors (Lipinski definition) is 8. The summed E-state index contributed by atoms with van der Waals surface area (Å²) in [4.78, 5) is 31.4. The fourth-order valence-corrected chi connectivity index (χ4v) is 3.20. The molecule has 1 aliphatic heterocycles. The molecule has 0 atom stereocenters. The second-order valence-corrected chi connectivity index (χ2v) is 8.00. The number of aryl methyl sites for hydroxylation is 1. The van der Waals surface area contributed by atoms with Gasteiger partial charge in [0.15, 0.2) is 0 Å². The summed E-state index contributed by atoms with van der Waals surface area (Å²) in [6.07, 6.45) is 3.05. The second-order valence-electron chi connectivity index (χ2n) is 8.00. The summed E-state index contributed by atoms with van der Waals surface area (Å²) >= 11 is 0. The molecular weight excluding hydrogens is 392 g/mol. The summed E-state index contributed by atoms with van der Waals surface area (Å²) in [7, 11) is 3.12. The van der Waals surface area contributed by atoms with Gasteiger partial charge in [-0.25, -0.2) is 4.79 Å². The number of anilines is 1. The summed E-state index contributed by atoms with van der Waals surface area (Å²) in [6, 6.07) is 1.46. The van der Waals surface area contributed by atoms with Gasteiger partial charge in [0.2, 0.25) is 0 Å². The number of nitro groups is 1. The van der Waals surface area contributed by atoms with E-state index in [1.54, 1.807) is 29.0 Å². The molecule has 2 aromatic heterocycles. The van der Waals surface area contributed by atoms with Gasteiger partial charge >= 0.3 is 11.8 Å². The third-order valence-corrected chi connectivity index (χ3v) is 4.59. The fraction of sp³-hybridized carbons (Fsp3) is 0.526. The first-order valence-electron chi connectivity index (χ1n) is 9.54. The van der Waals surface area contributed by atoms with Crippen LogP contribution in [0.4, 0.5) is 16.3 Å². The van der Waals surface area contributed by atoms with Crippen molar-refractivity contribution in [2.45, 2.75) is 26.4 Å². The second kappa shape index (κ2) is 8.17. The number of aromatic nitrogens is 3. The summed E-state index contributed by atoms with van der Waals surface area (Å²) in [5.41, 5.74) is 0.517. The Labute approximate surface area is 174 Å². The molecule has 2 aromatic rings. The minimum absolute atomic E-state index is 0.0581. The Morgan fingerprint density at radius 2 is 1.90 bits per heavy atom. The molecule has 0 bridgehead atoms. The summed E-state index contributed by atoms with van der Waals surface area (Å²) < 4.78 is 12.2. The predicted molar refractivity (Wildman–Crippen MR) is 110 cm³/mol. The lowest BCUT2D eigenvalue weighted by molar-refractivity contribution is -0.386. The zero-order chi connectivity index (χ0) is 22.1. The van der Waals surface area contributed by atoms with Crippen LogP contribution in [0, 0.1) is 10.1 Å². The number of rotatable bonds is 4. The van der Waals surface area contributed by atoms with Crippen molar-refractivity contribution < 1.29 is 19.2 Å². The van der Waals surface area contributed by atoms with Gasteiger partial charge in [-0.05, 0) is 20.8 Å². The Balaban J connectivity index is 1.90. The van der Waals surface area contributed by atoms with Crippen molar-refractivity contribution in [1.29, 1.82) is 0 Å². The number of carbonyl (C=O) groups excluding carboxylic acids is 1. The SMILES string of the molecule is COc1nc(N2CCN(C(=O)OC(C)(C)C)CC2)c(-c2cnn(C)c2)cc1[N+](=O)[O-]. The van der Waals surface area contributed by atoms with Gasteiger partial charge in [0.1, 0.15) is 11.4 Å². The van der Waals surface area contributed by atoms with E-state index < -0.39 is 10.5 Å². The van der Waals surface area contributed by atoms with Crippen LogP contribution in [-0.2, 0) is 11.8 Å². The summed E-state index contributed by atoms with van der Waals surface area (Å²) in [5.74, 6) is 0.492. The van der Waals surface area contributed by atoms with Crippen molar-refractivity contribution in [2.75, 3.05) is 38.2 Å². The molecule has 1 aliphatic rings. The van der Waals surface area contributed by atoms with Gasteiger partial charge in [0, 0.05) is 56.6 Å². The van der Waals surface area contributed by atoms with Crippen molar-refractivity contribution >= 4 is 17.6 Å². The van der Waals surface area contributed by atoms with E-state index in [0.29, 0.717) is 43.1 Å². The first-order valence-corrected chi connectivity index (χ1v) is 9.54. The van der Waals surface area contributed by atoms with Crippen LogP contribution in [0.25, 0.3) is 11.1 Å². The highest BCUT2D eigenvalue weighted by Crippen LogP contribution is 2.37. The number of nitrogens with zero attached hydrogens (tertiary/aromatic N) is 6. The molecule has 0 spiro atoms. The number of amides is 1. The fourth-order valence-electron chi connectivity index (χ4n) is 3.20. The van der Waals surface area contributed by atoms with E-state index in [9.17, 15) is 14.9 Å². The lowest BCUT2D eigenvalue weighted by atomic mass is 10.1. The molecule has 0 saturated carbocycles. The smallest absolute Gasteiger partial charge is 0.410 e. The molecule has 0 radical (unpaired) electrons. The van der Waals surface area contributed by atoms with Crippen LogP contribution in [0.2, 0.25) is 0 Å². The van der Waals surface area contributed by atoms with E-state index in [4.69, 9.17) is 9.47 Å². The normalized spacial score (nSPS) is 14.6. The molecule has 1 fully saturated rings. The molecule has 3 heterocycles. The van der Waals surface area contributed by atoms with Crippen LogP contribution in [0.5, 0.6) is 5.88 Å².